The van der Waals surface area contributed by atoms with Crippen LogP contribution < -0.4 is 5.32 Å². The van der Waals surface area contributed by atoms with Gasteiger partial charge in [0.25, 0.3) is 0 Å². The maximum atomic E-state index is 12.9. The van der Waals surface area contributed by atoms with Gasteiger partial charge in [0.15, 0.2) is 5.60 Å². The highest BCUT2D eigenvalue weighted by Gasteiger charge is 2.47. The van der Waals surface area contributed by atoms with E-state index in [1.54, 1.807) is 0 Å². The summed E-state index contributed by atoms with van der Waals surface area (Å²) in [6, 6.07) is 9.35. The van der Waals surface area contributed by atoms with Crippen molar-refractivity contribution in [3.05, 3.63) is 35.9 Å². The van der Waals surface area contributed by atoms with E-state index in [4.69, 9.17) is 4.74 Å². The number of carbonyl (C=O) groups excluding carboxylic acids is 1. The first-order chi connectivity index (χ1) is 11.2. The first-order valence-corrected chi connectivity index (χ1v) is 8.91. The molecule has 1 atom stereocenters. The fraction of sp³-hybridized carbons (Fsp3) is 0.632. The van der Waals surface area contributed by atoms with Gasteiger partial charge in [-0.05, 0) is 44.3 Å². The highest BCUT2D eigenvalue weighted by atomic mass is 16.6. The van der Waals surface area contributed by atoms with Crippen molar-refractivity contribution in [3.63, 3.8) is 0 Å². The largest absolute Gasteiger partial charge is 0.460 e. The van der Waals surface area contributed by atoms with E-state index in [0.29, 0.717) is 5.56 Å². The van der Waals surface area contributed by atoms with Crippen molar-refractivity contribution in [2.75, 3.05) is 13.1 Å². The molecule has 4 nitrogen and oxygen atoms in total. The highest BCUT2D eigenvalue weighted by Crippen LogP contribution is 2.40. The zero-order chi connectivity index (χ0) is 16.1. The van der Waals surface area contributed by atoms with Crippen molar-refractivity contribution in [1.82, 2.24) is 5.32 Å². The Morgan fingerprint density at radius 2 is 1.70 bits per heavy atom. The molecule has 0 amide bonds. The predicted molar refractivity (Wildman–Crippen MR) is 88.9 cm³/mol. The number of hydrogen-bond acceptors (Lipinski definition) is 4. The van der Waals surface area contributed by atoms with Gasteiger partial charge < -0.3 is 15.2 Å². The fourth-order valence-corrected chi connectivity index (χ4v) is 3.89. The standard InChI is InChI=1S/C19H27NO3/c21-18(23-17-11-13-20-14-12-17)19(22,15-7-3-1-4-8-15)16-9-5-2-6-10-16/h1,3-4,7-8,16-17,20,22H,2,5-6,9-14H2. The molecule has 1 unspecified atom stereocenters. The molecule has 1 aliphatic carbocycles. The molecule has 0 radical (unpaired) electrons. The summed E-state index contributed by atoms with van der Waals surface area (Å²) in [4.78, 5) is 12.9. The van der Waals surface area contributed by atoms with Gasteiger partial charge in [-0.1, -0.05) is 49.6 Å². The third kappa shape index (κ3) is 3.59. The molecule has 3 rings (SSSR count). The second-order valence-electron chi connectivity index (χ2n) is 6.82. The number of carbonyl (C=O) groups is 1. The number of rotatable bonds is 4. The SMILES string of the molecule is O=C(OC1CCNCC1)C(O)(c1ccccc1)C1CCCCC1. The number of hydrogen-bond donors (Lipinski definition) is 2. The maximum absolute atomic E-state index is 12.9. The summed E-state index contributed by atoms with van der Waals surface area (Å²) in [5.74, 6) is -0.504. The lowest BCUT2D eigenvalue weighted by atomic mass is 9.73. The first-order valence-electron chi connectivity index (χ1n) is 8.91. The summed E-state index contributed by atoms with van der Waals surface area (Å²) in [5, 5.41) is 14.7. The molecule has 1 heterocycles. The molecule has 126 valence electrons. The lowest BCUT2D eigenvalue weighted by molar-refractivity contribution is -0.182. The lowest BCUT2D eigenvalue weighted by Crippen LogP contribution is -2.47. The Kier molecular flexibility index (Phi) is 5.34. The van der Waals surface area contributed by atoms with Gasteiger partial charge in [-0.3, -0.25) is 0 Å². The topological polar surface area (TPSA) is 58.6 Å². The van der Waals surface area contributed by atoms with Gasteiger partial charge in [-0.15, -0.1) is 0 Å². The Labute approximate surface area is 138 Å². The fourth-order valence-electron chi connectivity index (χ4n) is 3.89. The van der Waals surface area contributed by atoms with Gasteiger partial charge in [0.05, 0.1) is 0 Å². The summed E-state index contributed by atoms with van der Waals surface area (Å²) in [7, 11) is 0. The van der Waals surface area contributed by atoms with Crippen LogP contribution in [0.4, 0.5) is 0 Å². The molecule has 0 aromatic heterocycles. The van der Waals surface area contributed by atoms with Crippen molar-refractivity contribution in [1.29, 1.82) is 0 Å². The van der Waals surface area contributed by atoms with Crippen molar-refractivity contribution >= 4 is 5.97 Å². The van der Waals surface area contributed by atoms with E-state index in [-0.39, 0.29) is 12.0 Å². The molecule has 4 heteroatoms. The number of ether oxygens (including phenoxy) is 1. The summed E-state index contributed by atoms with van der Waals surface area (Å²) in [5.41, 5.74) is -0.835. The van der Waals surface area contributed by atoms with Crippen molar-refractivity contribution in [3.8, 4) is 0 Å². The lowest BCUT2D eigenvalue weighted by Gasteiger charge is -2.38. The summed E-state index contributed by atoms with van der Waals surface area (Å²) < 4.78 is 5.74. The third-order valence-corrected chi connectivity index (χ3v) is 5.28. The first kappa shape index (κ1) is 16.5. The Balaban J connectivity index is 1.83. The van der Waals surface area contributed by atoms with Gasteiger partial charge >= 0.3 is 5.97 Å². The number of nitrogens with one attached hydrogen (secondary N) is 1. The van der Waals surface area contributed by atoms with Crippen LogP contribution in [0.25, 0.3) is 0 Å². The second-order valence-corrected chi connectivity index (χ2v) is 6.82. The molecular weight excluding hydrogens is 290 g/mol. The molecule has 2 fully saturated rings. The number of aliphatic hydroxyl groups is 1. The van der Waals surface area contributed by atoms with Gasteiger partial charge in [0.1, 0.15) is 6.10 Å². The molecule has 1 aromatic rings. The van der Waals surface area contributed by atoms with E-state index in [0.717, 1.165) is 51.6 Å². The van der Waals surface area contributed by atoms with E-state index >= 15 is 0 Å². The van der Waals surface area contributed by atoms with Crippen LogP contribution >= 0.6 is 0 Å². The normalized spacial score (nSPS) is 23.2. The molecule has 2 N–H and O–H groups in total. The predicted octanol–water partition coefficient (Wildman–Crippen LogP) is 2.75. The molecule has 0 bridgehead atoms. The molecule has 1 saturated heterocycles. The number of benzene rings is 1. The Bertz CT molecular complexity index is 507. The third-order valence-electron chi connectivity index (χ3n) is 5.28. The van der Waals surface area contributed by atoms with Crippen LogP contribution in [0.3, 0.4) is 0 Å². The van der Waals surface area contributed by atoms with Crippen LogP contribution in [0, 0.1) is 5.92 Å². The smallest absolute Gasteiger partial charge is 0.343 e. The van der Waals surface area contributed by atoms with Crippen molar-refractivity contribution in [2.24, 2.45) is 5.92 Å². The average Bonchev–Trinajstić information content (AvgIpc) is 2.63. The van der Waals surface area contributed by atoms with Crippen molar-refractivity contribution in [2.45, 2.75) is 56.7 Å². The minimum absolute atomic E-state index is 0.0483. The molecule has 0 spiro atoms. The summed E-state index contributed by atoms with van der Waals surface area (Å²) in [6.45, 7) is 1.73. The van der Waals surface area contributed by atoms with E-state index in [1.807, 2.05) is 30.3 Å². The van der Waals surface area contributed by atoms with Crippen molar-refractivity contribution < 1.29 is 14.6 Å². The molecular formula is C19H27NO3. The Morgan fingerprint density at radius 1 is 1.04 bits per heavy atom. The number of piperidine rings is 1. The minimum Gasteiger partial charge on any atom is -0.460 e. The van der Waals surface area contributed by atoms with E-state index in [9.17, 15) is 9.90 Å². The highest BCUT2D eigenvalue weighted by molar-refractivity contribution is 5.81. The zero-order valence-electron chi connectivity index (χ0n) is 13.7. The quantitative estimate of drug-likeness (QED) is 0.838. The van der Waals surface area contributed by atoms with Gasteiger partial charge in [0, 0.05) is 5.92 Å². The van der Waals surface area contributed by atoms with Crippen LogP contribution in [0.15, 0.2) is 30.3 Å². The molecule has 23 heavy (non-hydrogen) atoms. The van der Waals surface area contributed by atoms with Crippen LogP contribution in [0.2, 0.25) is 0 Å². The van der Waals surface area contributed by atoms with E-state index < -0.39 is 11.6 Å². The molecule has 1 aliphatic heterocycles. The monoisotopic (exact) mass is 317 g/mol. The number of esters is 1. The zero-order valence-corrected chi connectivity index (χ0v) is 13.7. The van der Waals surface area contributed by atoms with E-state index in [2.05, 4.69) is 5.32 Å². The Hall–Kier alpha value is -1.39. The van der Waals surface area contributed by atoms with Crippen LogP contribution in [-0.4, -0.2) is 30.3 Å². The van der Waals surface area contributed by atoms with Gasteiger partial charge in [-0.25, -0.2) is 4.79 Å². The maximum Gasteiger partial charge on any atom is 0.343 e. The van der Waals surface area contributed by atoms with E-state index in [1.165, 1.54) is 6.42 Å². The summed E-state index contributed by atoms with van der Waals surface area (Å²) >= 11 is 0. The molecule has 1 saturated carbocycles. The van der Waals surface area contributed by atoms with Crippen LogP contribution in [0.1, 0.15) is 50.5 Å². The average molecular weight is 317 g/mol. The van der Waals surface area contributed by atoms with Crippen LogP contribution in [0.5, 0.6) is 0 Å². The van der Waals surface area contributed by atoms with Gasteiger partial charge in [-0.2, -0.15) is 0 Å². The minimum atomic E-state index is -1.51. The Morgan fingerprint density at radius 3 is 2.35 bits per heavy atom. The molecule has 1 aromatic carbocycles. The second kappa shape index (κ2) is 7.45. The van der Waals surface area contributed by atoms with Crippen LogP contribution in [-0.2, 0) is 15.1 Å². The summed E-state index contributed by atoms with van der Waals surface area (Å²) in [6.07, 6.45) is 6.65. The molecule has 2 aliphatic rings. The van der Waals surface area contributed by atoms with Gasteiger partial charge in [0.2, 0.25) is 0 Å².